The molecule has 0 heterocycles. The minimum absolute atomic E-state index is 0.952. The van der Waals surface area contributed by atoms with Crippen molar-refractivity contribution in [3.63, 3.8) is 0 Å². The lowest BCUT2D eigenvalue weighted by atomic mass is 10.5. The van der Waals surface area contributed by atoms with Gasteiger partial charge in [-0.05, 0) is 0 Å². The Balaban J connectivity index is 1.97. The minimum atomic E-state index is 0.952. The van der Waals surface area contributed by atoms with Crippen LogP contribution in [0.5, 0.6) is 0 Å². The van der Waals surface area contributed by atoms with Crippen LogP contribution >= 0.6 is 11.5 Å². The molecular weight excluding hydrogens is 88.4 g/mol. The summed E-state index contributed by atoms with van der Waals surface area (Å²) in [7, 11) is 0.952. The summed E-state index contributed by atoms with van der Waals surface area (Å²) in [5.74, 6) is 0. The van der Waals surface area contributed by atoms with Gasteiger partial charge in [-0.2, -0.15) is 11.5 Å². The molecule has 0 aromatic rings. The Hall–Kier alpha value is 0.532. The van der Waals surface area contributed by atoms with Gasteiger partial charge >= 0.3 is 6.83 Å². The maximum Gasteiger partial charge on any atom is 0.324 e. The fourth-order valence-electron chi connectivity index (χ4n) is 0. The summed E-state index contributed by atoms with van der Waals surface area (Å²) in [5.41, 5.74) is 0. The molecule has 0 aliphatic heterocycles. The average Bonchev–Trinajstić information content (AvgIpc) is 1.37. The van der Waals surface area contributed by atoms with E-state index >= 15 is 0 Å². The Kier molecular flexibility index (Phi) is 4.00. The highest BCUT2D eigenvalue weighted by atomic mass is 35.5. The first-order valence-corrected chi connectivity index (χ1v) is 2.44. The van der Waals surface area contributed by atoms with Gasteiger partial charge in [0.05, 0.1) is 10.4 Å². The van der Waals surface area contributed by atoms with E-state index in [2.05, 4.69) is 4.89 Å². The van der Waals surface area contributed by atoms with E-state index in [1.54, 1.807) is 0 Å². The molecule has 0 unspecified atom stereocenters. The van der Waals surface area contributed by atoms with E-state index in [1.165, 1.54) is 6.83 Å². The molecule has 1 radical (unpaired) electrons. The summed E-state index contributed by atoms with van der Waals surface area (Å²) >= 11 is 4.98. The van der Waals surface area contributed by atoms with Gasteiger partial charge in [0.2, 0.25) is 0 Å². The molecule has 0 saturated carbocycles. The molecule has 0 aliphatic rings. The molecule has 1 nitrogen and oxygen atoms in total. The van der Waals surface area contributed by atoms with E-state index in [1.807, 2.05) is 0 Å². The molecular formula is H4BClNSi. The summed E-state index contributed by atoms with van der Waals surface area (Å²) in [5, 5.41) is 0. The predicted octanol–water partition coefficient (Wildman–Crippen LogP) is -1.37. The largest absolute Gasteiger partial charge is 0.376 e. The normalized spacial score (nSPS) is 7.25. The fraction of sp³-hybridized carbons (Fsp3) is 0. The van der Waals surface area contributed by atoms with Gasteiger partial charge < -0.3 is 4.89 Å². The van der Waals surface area contributed by atoms with Gasteiger partial charge in [-0.15, -0.1) is 0 Å². The highest BCUT2D eigenvalue weighted by Gasteiger charge is 1.62. The second-order valence-electron chi connectivity index (χ2n) is 0.398. The standard InChI is InChI=1S/BClH4NSi/c2-1-3-4/h3H,4H3. The predicted molar refractivity (Wildman–Crippen MR) is 24.7 cm³/mol. The number of halogens is 1. The number of nitrogens with one attached hydrogen (secondary N) is 1. The lowest BCUT2D eigenvalue weighted by Crippen LogP contribution is -2.06. The van der Waals surface area contributed by atoms with Gasteiger partial charge in [0.15, 0.2) is 0 Å². The Labute approximate surface area is 34.4 Å². The van der Waals surface area contributed by atoms with Crippen molar-refractivity contribution in [2.24, 2.45) is 0 Å². The monoisotopic (exact) mass is 92.0 g/mol. The lowest BCUT2D eigenvalue weighted by Gasteiger charge is -1.69. The molecule has 0 saturated heterocycles. The van der Waals surface area contributed by atoms with E-state index < -0.39 is 0 Å². The molecule has 0 atom stereocenters. The Morgan fingerprint density at radius 2 is 2.25 bits per heavy atom. The maximum atomic E-state index is 4.98. The van der Waals surface area contributed by atoms with Crippen molar-refractivity contribution in [3.05, 3.63) is 0 Å². The zero-order chi connectivity index (χ0) is 3.41. The summed E-state index contributed by atoms with van der Waals surface area (Å²) < 4.78 is 0. The van der Waals surface area contributed by atoms with Crippen molar-refractivity contribution in [2.45, 2.75) is 0 Å². The fourth-order valence-corrected chi connectivity index (χ4v) is 0. The molecule has 0 aliphatic carbocycles. The molecule has 0 aromatic carbocycles. The van der Waals surface area contributed by atoms with Gasteiger partial charge in [-0.3, -0.25) is 0 Å². The molecule has 4 heteroatoms. The van der Waals surface area contributed by atoms with E-state index in [4.69, 9.17) is 11.5 Å². The molecule has 0 spiro atoms. The third-order valence-electron chi connectivity index (χ3n) is 0.109. The van der Waals surface area contributed by atoms with E-state index in [-0.39, 0.29) is 0 Å². The summed E-state index contributed by atoms with van der Waals surface area (Å²) in [4.78, 5) is 2.71. The molecule has 0 fully saturated rings. The highest BCUT2D eigenvalue weighted by molar-refractivity contribution is 6.93. The summed E-state index contributed by atoms with van der Waals surface area (Å²) in [6, 6.07) is 0. The maximum absolute atomic E-state index is 4.98. The topological polar surface area (TPSA) is 12.0 Å². The molecule has 4 heavy (non-hydrogen) atoms. The molecule has 0 bridgehead atoms. The van der Waals surface area contributed by atoms with E-state index in [0.717, 1.165) is 10.4 Å². The number of rotatable bonds is 1. The highest BCUT2D eigenvalue weighted by Crippen LogP contribution is 1.48. The summed E-state index contributed by atoms with van der Waals surface area (Å²) in [6.45, 7) is 1.41. The van der Waals surface area contributed by atoms with Crippen molar-refractivity contribution < 1.29 is 0 Å². The third-order valence-corrected chi connectivity index (χ3v) is 0.982. The van der Waals surface area contributed by atoms with Crippen molar-refractivity contribution in [1.29, 1.82) is 0 Å². The molecule has 0 aromatic heterocycles. The van der Waals surface area contributed by atoms with Crippen LogP contribution in [0.2, 0.25) is 0 Å². The quantitative estimate of drug-likeness (QED) is 0.394. The van der Waals surface area contributed by atoms with Crippen LogP contribution in [-0.4, -0.2) is 17.2 Å². The van der Waals surface area contributed by atoms with E-state index in [9.17, 15) is 0 Å². The molecule has 0 rings (SSSR count). The van der Waals surface area contributed by atoms with Crippen LogP contribution in [-0.2, 0) is 0 Å². The minimum Gasteiger partial charge on any atom is -0.376 e. The van der Waals surface area contributed by atoms with Crippen molar-refractivity contribution in [1.82, 2.24) is 4.89 Å². The molecule has 23 valence electrons. The van der Waals surface area contributed by atoms with Crippen molar-refractivity contribution >= 4 is 28.7 Å². The van der Waals surface area contributed by atoms with Gasteiger partial charge in [-0.1, -0.05) is 0 Å². The van der Waals surface area contributed by atoms with Gasteiger partial charge in [0, 0.05) is 0 Å². The second-order valence-corrected chi connectivity index (χ2v) is 1.19. The zero-order valence-corrected chi connectivity index (χ0v) is 5.21. The lowest BCUT2D eigenvalue weighted by molar-refractivity contribution is 1.67. The van der Waals surface area contributed by atoms with Crippen molar-refractivity contribution in [3.8, 4) is 0 Å². The van der Waals surface area contributed by atoms with E-state index in [0.29, 0.717) is 0 Å². The second kappa shape index (κ2) is 3.53. The van der Waals surface area contributed by atoms with Crippen LogP contribution in [0.4, 0.5) is 0 Å². The Morgan fingerprint density at radius 1 is 2.00 bits per heavy atom. The van der Waals surface area contributed by atoms with Crippen LogP contribution in [0, 0.1) is 0 Å². The van der Waals surface area contributed by atoms with Gasteiger partial charge in [0.1, 0.15) is 0 Å². The van der Waals surface area contributed by atoms with Crippen LogP contribution in [0.3, 0.4) is 0 Å². The van der Waals surface area contributed by atoms with Crippen LogP contribution in [0.1, 0.15) is 0 Å². The van der Waals surface area contributed by atoms with Crippen LogP contribution < -0.4 is 4.89 Å². The van der Waals surface area contributed by atoms with Gasteiger partial charge in [-0.25, -0.2) is 0 Å². The smallest absolute Gasteiger partial charge is 0.324 e. The first-order chi connectivity index (χ1) is 1.91. The SMILES string of the molecule is [SiH3]N[B]Cl. The first-order valence-electron chi connectivity index (χ1n) is 1.01. The Bertz CT molecular complexity index is 10.0. The van der Waals surface area contributed by atoms with Crippen molar-refractivity contribution in [2.75, 3.05) is 0 Å². The van der Waals surface area contributed by atoms with Crippen LogP contribution in [0.15, 0.2) is 0 Å². The Morgan fingerprint density at radius 3 is 2.25 bits per heavy atom. The molecule has 1 N–H and O–H groups in total. The number of hydrogen-bond acceptors (Lipinski definition) is 1. The molecule has 0 amide bonds. The first kappa shape index (κ1) is 4.53. The number of hydrogen-bond donors (Lipinski definition) is 1. The van der Waals surface area contributed by atoms with Crippen LogP contribution in [0.25, 0.3) is 0 Å². The summed E-state index contributed by atoms with van der Waals surface area (Å²) in [6.07, 6.45) is 0. The van der Waals surface area contributed by atoms with Gasteiger partial charge in [0.25, 0.3) is 0 Å². The zero-order valence-electron chi connectivity index (χ0n) is 2.46. The average molecular weight is 92.4 g/mol. The third kappa shape index (κ3) is 2.53.